The SMILES string of the molecule is O=c1c2ccccc2oc2cc3c(cc12)C1(c2ccccc2-3)c2ccccc2N(c2cccc3ccccc23)c2ccccc21. The second-order valence-corrected chi connectivity index (χ2v) is 12.0. The molecule has 0 fully saturated rings. The number of hydrogen-bond donors (Lipinski definition) is 0. The van der Waals surface area contributed by atoms with E-state index in [1.807, 2.05) is 24.3 Å². The monoisotopic (exact) mass is 575 g/mol. The average molecular weight is 576 g/mol. The Hall–Kier alpha value is -5.93. The lowest BCUT2D eigenvalue weighted by molar-refractivity contribution is 0.659. The van der Waals surface area contributed by atoms with Crippen LogP contribution in [0, 0.1) is 0 Å². The zero-order chi connectivity index (χ0) is 29.7. The van der Waals surface area contributed by atoms with Crippen LogP contribution in [0.4, 0.5) is 17.1 Å². The summed E-state index contributed by atoms with van der Waals surface area (Å²) >= 11 is 0. The van der Waals surface area contributed by atoms with Crippen LogP contribution in [-0.4, -0.2) is 0 Å². The summed E-state index contributed by atoms with van der Waals surface area (Å²) in [6.07, 6.45) is 0. The Morgan fingerprint density at radius 1 is 0.444 bits per heavy atom. The number of nitrogens with zero attached hydrogens (tertiary/aromatic N) is 1. The van der Waals surface area contributed by atoms with E-state index in [2.05, 4.69) is 132 Å². The van der Waals surface area contributed by atoms with E-state index in [4.69, 9.17) is 4.42 Å². The van der Waals surface area contributed by atoms with Crippen LogP contribution in [0.1, 0.15) is 22.3 Å². The molecule has 1 spiro atoms. The zero-order valence-corrected chi connectivity index (χ0v) is 24.2. The molecule has 8 aromatic rings. The molecule has 2 aliphatic rings. The molecule has 45 heavy (non-hydrogen) atoms. The summed E-state index contributed by atoms with van der Waals surface area (Å²) in [5.41, 5.74) is 10.9. The summed E-state index contributed by atoms with van der Waals surface area (Å²) in [6, 6.07) is 53.1. The van der Waals surface area contributed by atoms with Crippen LogP contribution in [0.3, 0.4) is 0 Å². The van der Waals surface area contributed by atoms with Gasteiger partial charge < -0.3 is 9.32 Å². The number of fused-ring (bicyclic) bond motifs is 12. The van der Waals surface area contributed by atoms with E-state index in [9.17, 15) is 4.79 Å². The van der Waals surface area contributed by atoms with Crippen LogP contribution in [0.5, 0.6) is 0 Å². The number of para-hydroxylation sites is 3. The highest BCUT2D eigenvalue weighted by Gasteiger charge is 2.52. The maximum absolute atomic E-state index is 14.0. The molecule has 0 atom stereocenters. The van der Waals surface area contributed by atoms with Crippen molar-refractivity contribution < 1.29 is 4.42 Å². The highest BCUT2D eigenvalue weighted by atomic mass is 16.3. The van der Waals surface area contributed by atoms with Crippen LogP contribution < -0.4 is 10.3 Å². The fourth-order valence-electron chi connectivity index (χ4n) is 8.06. The summed E-state index contributed by atoms with van der Waals surface area (Å²) in [6.45, 7) is 0. The van der Waals surface area contributed by atoms with Gasteiger partial charge in [0.25, 0.3) is 0 Å². The van der Waals surface area contributed by atoms with E-state index in [1.165, 1.54) is 27.5 Å². The van der Waals surface area contributed by atoms with Crippen molar-refractivity contribution in [3.8, 4) is 11.1 Å². The van der Waals surface area contributed by atoms with Crippen LogP contribution in [0.15, 0.2) is 161 Å². The van der Waals surface area contributed by atoms with Gasteiger partial charge in [0.1, 0.15) is 11.2 Å². The summed E-state index contributed by atoms with van der Waals surface area (Å²) < 4.78 is 6.39. The fourth-order valence-corrected chi connectivity index (χ4v) is 8.06. The highest BCUT2D eigenvalue weighted by molar-refractivity contribution is 6.04. The number of anilines is 3. The smallest absolute Gasteiger partial charge is 0.200 e. The molecule has 2 heterocycles. The van der Waals surface area contributed by atoms with Crippen molar-refractivity contribution in [1.29, 1.82) is 0 Å². The lowest BCUT2D eigenvalue weighted by atomic mass is 9.64. The van der Waals surface area contributed by atoms with Crippen molar-refractivity contribution in [3.63, 3.8) is 0 Å². The van der Waals surface area contributed by atoms with Gasteiger partial charge in [0.15, 0.2) is 0 Å². The van der Waals surface area contributed by atoms with E-state index in [1.54, 1.807) is 0 Å². The van der Waals surface area contributed by atoms with E-state index < -0.39 is 5.41 Å². The van der Waals surface area contributed by atoms with Gasteiger partial charge in [0.2, 0.25) is 5.43 Å². The minimum Gasteiger partial charge on any atom is -0.456 e. The van der Waals surface area contributed by atoms with Crippen molar-refractivity contribution in [2.75, 3.05) is 4.90 Å². The molecular weight excluding hydrogens is 550 g/mol. The molecular formula is C42H25NO2. The van der Waals surface area contributed by atoms with Crippen molar-refractivity contribution in [2.24, 2.45) is 0 Å². The number of benzene rings is 7. The maximum Gasteiger partial charge on any atom is 0.200 e. The predicted octanol–water partition coefficient (Wildman–Crippen LogP) is 10.2. The molecule has 0 amide bonds. The molecule has 7 aromatic carbocycles. The van der Waals surface area contributed by atoms with Crippen molar-refractivity contribution in [3.05, 3.63) is 184 Å². The number of rotatable bonds is 1. The van der Waals surface area contributed by atoms with Gasteiger partial charge in [-0.1, -0.05) is 109 Å². The van der Waals surface area contributed by atoms with Crippen molar-refractivity contribution >= 4 is 49.8 Å². The molecule has 3 nitrogen and oxygen atoms in total. The molecule has 210 valence electrons. The summed E-state index contributed by atoms with van der Waals surface area (Å²) in [5, 5.41) is 3.60. The number of hydrogen-bond acceptors (Lipinski definition) is 3. The van der Waals surface area contributed by atoms with Crippen LogP contribution in [-0.2, 0) is 5.41 Å². The first kappa shape index (κ1) is 24.5. The third-order valence-electron chi connectivity index (χ3n) is 9.85. The Morgan fingerprint density at radius 2 is 1.04 bits per heavy atom. The molecule has 10 rings (SSSR count). The van der Waals surface area contributed by atoms with Crippen LogP contribution in [0.2, 0.25) is 0 Å². The fraction of sp³-hybridized carbons (Fsp3) is 0.0238. The van der Waals surface area contributed by atoms with E-state index in [0.717, 1.165) is 33.8 Å². The van der Waals surface area contributed by atoms with Crippen LogP contribution >= 0.6 is 0 Å². The normalized spacial score (nSPS) is 14.0. The Morgan fingerprint density at radius 3 is 1.84 bits per heavy atom. The summed E-state index contributed by atoms with van der Waals surface area (Å²) in [4.78, 5) is 16.4. The Labute approximate surface area is 259 Å². The van der Waals surface area contributed by atoms with Gasteiger partial charge in [-0.15, -0.1) is 0 Å². The molecule has 0 saturated carbocycles. The minimum atomic E-state index is -0.632. The largest absolute Gasteiger partial charge is 0.456 e. The van der Waals surface area contributed by atoms with Crippen molar-refractivity contribution in [1.82, 2.24) is 0 Å². The summed E-state index contributed by atoms with van der Waals surface area (Å²) in [5.74, 6) is 0. The zero-order valence-electron chi connectivity index (χ0n) is 24.2. The third kappa shape index (κ3) is 3.07. The van der Waals surface area contributed by atoms with Gasteiger partial charge in [-0.25, -0.2) is 0 Å². The second-order valence-electron chi connectivity index (χ2n) is 12.0. The minimum absolute atomic E-state index is 0.00415. The van der Waals surface area contributed by atoms with E-state index in [-0.39, 0.29) is 5.43 Å². The lowest BCUT2D eigenvalue weighted by Crippen LogP contribution is -2.36. The third-order valence-corrected chi connectivity index (χ3v) is 9.85. The predicted molar refractivity (Wildman–Crippen MR) is 183 cm³/mol. The average Bonchev–Trinajstić information content (AvgIpc) is 3.38. The Balaban J connectivity index is 1.37. The Kier molecular flexibility index (Phi) is 4.80. The second kappa shape index (κ2) is 8.81. The molecule has 0 radical (unpaired) electrons. The quantitative estimate of drug-likeness (QED) is 0.183. The maximum atomic E-state index is 14.0. The highest BCUT2D eigenvalue weighted by Crippen LogP contribution is 2.63. The van der Waals surface area contributed by atoms with Gasteiger partial charge in [0.05, 0.1) is 33.2 Å². The summed E-state index contributed by atoms with van der Waals surface area (Å²) in [7, 11) is 0. The molecule has 3 heteroatoms. The molecule has 0 saturated heterocycles. The van der Waals surface area contributed by atoms with Crippen LogP contribution in [0.25, 0.3) is 43.8 Å². The molecule has 0 bridgehead atoms. The topological polar surface area (TPSA) is 33.5 Å². The first-order valence-electron chi connectivity index (χ1n) is 15.3. The van der Waals surface area contributed by atoms with E-state index >= 15 is 0 Å². The first-order valence-corrected chi connectivity index (χ1v) is 15.3. The molecule has 0 unspecified atom stereocenters. The molecule has 1 aliphatic carbocycles. The van der Waals surface area contributed by atoms with Gasteiger partial charge in [-0.3, -0.25) is 4.79 Å². The first-order chi connectivity index (χ1) is 22.2. The Bertz CT molecular complexity index is 2540. The van der Waals surface area contributed by atoms with E-state index in [0.29, 0.717) is 21.9 Å². The molecule has 1 aromatic heterocycles. The van der Waals surface area contributed by atoms with Crippen molar-refractivity contribution in [2.45, 2.75) is 5.41 Å². The van der Waals surface area contributed by atoms with Gasteiger partial charge in [-0.05, 0) is 81.2 Å². The van der Waals surface area contributed by atoms with Gasteiger partial charge in [0, 0.05) is 5.39 Å². The van der Waals surface area contributed by atoms with Gasteiger partial charge >= 0.3 is 0 Å². The molecule has 0 N–H and O–H groups in total. The molecule has 1 aliphatic heterocycles. The standard InChI is InChI=1S/C42H25NO2/c44-41-29-16-4-10-23-39(29)45-40-25-30-28-15-3-5-17-32(28)42(35(30)24-31(40)41)33-18-6-8-20-37(33)43(38-21-9-7-19-34(38)42)36-22-11-13-26-12-1-2-14-27(26)36/h1-25H. The lowest BCUT2D eigenvalue weighted by Gasteiger charge is -2.45. The van der Waals surface area contributed by atoms with Gasteiger partial charge in [-0.2, -0.15) is 0 Å².